The van der Waals surface area contributed by atoms with Crippen LogP contribution in [0.2, 0.25) is 0 Å². The van der Waals surface area contributed by atoms with E-state index in [-0.39, 0.29) is 0 Å². The Labute approximate surface area is 134 Å². The van der Waals surface area contributed by atoms with Gasteiger partial charge in [-0.1, -0.05) is 0 Å². The first-order valence-electron chi connectivity index (χ1n) is 6.92. The van der Waals surface area contributed by atoms with E-state index in [1.54, 1.807) is 48.5 Å². The number of nitrogens with zero attached hydrogens (tertiary/aromatic N) is 1. The van der Waals surface area contributed by atoms with Crippen molar-refractivity contribution in [3.8, 4) is 17.6 Å². The third-order valence-corrected chi connectivity index (χ3v) is 2.89. The molecule has 118 valence electrons. The minimum atomic E-state index is -0.519. The molecular weight excluding hydrogens is 296 g/mol. The smallest absolute Gasteiger partial charge is 0.411 e. The summed E-state index contributed by atoms with van der Waals surface area (Å²) < 4.78 is 15.6. The molecule has 2 aromatic carbocycles. The molecule has 0 saturated heterocycles. The summed E-state index contributed by atoms with van der Waals surface area (Å²) in [6.45, 7) is 0.762. The van der Waals surface area contributed by atoms with Crippen LogP contribution in [0, 0.1) is 11.3 Å². The third kappa shape index (κ3) is 5.25. The van der Waals surface area contributed by atoms with Gasteiger partial charge in [-0.2, -0.15) is 5.26 Å². The molecule has 2 aromatic rings. The van der Waals surface area contributed by atoms with Gasteiger partial charge in [0.15, 0.2) is 0 Å². The Morgan fingerprint density at radius 2 is 1.52 bits per heavy atom. The average Bonchev–Trinajstić information content (AvgIpc) is 2.60. The number of nitriles is 1. The Kier molecular flexibility index (Phi) is 5.83. The number of benzene rings is 2. The highest BCUT2D eigenvalue weighted by atomic mass is 16.5. The molecule has 0 aliphatic heterocycles. The lowest BCUT2D eigenvalue weighted by atomic mass is 10.2. The van der Waals surface area contributed by atoms with Crippen molar-refractivity contribution in [3.63, 3.8) is 0 Å². The SMILES string of the molecule is COC(=O)Nc1ccc(OCCOc2ccc(C#N)cc2)cc1. The Bertz CT molecular complexity index is 675. The predicted octanol–water partition coefficient (Wildman–Crippen LogP) is 3.19. The van der Waals surface area contributed by atoms with Crippen LogP contribution in [0.5, 0.6) is 11.5 Å². The minimum Gasteiger partial charge on any atom is -0.490 e. The van der Waals surface area contributed by atoms with Gasteiger partial charge >= 0.3 is 6.09 Å². The maximum atomic E-state index is 11.1. The second-order valence-electron chi connectivity index (χ2n) is 4.47. The highest BCUT2D eigenvalue weighted by Gasteiger charge is 2.01. The van der Waals surface area contributed by atoms with Gasteiger partial charge in [0.25, 0.3) is 0 Å². The number of hydrogen-bond acceptors (Lipinski definition) is 5. The summed E-state index contributed by atoms with van der Waals surface area (Å²) in [5.41, 5.74) is 1.22. The summed E-state index contributed by atoms with van der Waals surface area (Å²) in [6, 6.07) is 15.8. The number of carbonyl (C=O) groups excluding carboxylic acids is 1. The molecule has 0 aromatic heterocycles. The molecule has 0 radical (unpaired) electrons. The number of anilines is 1. The van der Waals surface area contributed by atoms with Crippen molar-refractivity contribution in [2.45, 2.75) is 0 Å². The Morgan fingerprint density at radius 1 is 1.00 bits per heavy atom. The van der Waals surface area contributed by atoms with Crippen molar-refractivity contribution in [2.24, 2.45) is 0 Å². The molecule has 0 spiro atoms. The minimum absolute atomic E-state index is 0.379. The van der Waals surface area contributed by atoms with Gasteiger partial charge in [-0.25, -0.2) is 4.79 Å². The number of amides is 1. The number of methoxy groups -OCH3 is 1. The molecule has 0 aliphatic carbocycles. The number of rotatable bonds is 6. The van der Waals surface area contributed by atoms with Crippen molar-refractivity contribution in [2.75, 3.05) is 25.6 Å². The monoisotopic (exact) mass is 312 g/mol. The fourth-order valence-electron chi connectivity index (χ4n) is 1.75. The van der Waals surface area contributed by atoms with Gasteiger partial charge in [-0.05, 0) is 48.5 Å². The molecule has 6 heteroatoms. The molecule has 0 saturated carbocycles. The van der Waals surface area contributed by atoms with E-state index in [0.717, 1.165) is 0 Å². The summed E-state index contributed by atoms with van der Waals surface area (Å²) in [6.07, 6.45) is -0.519. The van der Waals surface area contributed by atoms with Crippen molar-refractivity contribution >= 4 is 11.8 Å². The second kappa shape index (κ2) is 8.29. The van der Waals surface area contributed by atoms with Crippen LogP contribution in [0.4, 0.5) is 10.5 Å². The molecule has 23 heavy (non-hydrogen) atoms. The lowest BCUT2D eigenvalue weighted by Gasteiger charge is -2.09. The van der Waals surface area contributed by atoms with Crippen molar-refractivity contribution in [3.05, 3.63) is 54.1 Å². The fraction of sp³-hybridized carbons (Fsp3) is 0.176. The molecule has 0 aliphatic rings. The van der Waals surface area contributed by atoms with Crippen LogP contribution in [-0.4, -0.2) is 26.4 Å². The molecule has 0 fully saturated rings. The molecule has 0 bridgehead atoms. The van der Waals surface area contributed by atoms with Crippen LogP contribution in [-0.2, 0) is 4.74 Å². The van der Waals surface area contributed by atoms with Gasteiger partial charge < -0.3 is 14.2 Å². The molecule has 0 unspecified atom stereocenters. The second-order valence-corrected chi connectivity index (χ2v) is 4.47. The maximum absolute atomic E-state index is 11.1. The highest BCUT2D eigenvalue weighted by molar-refractivity contribution is 5.84. The Balaban J connectivity index is 1.73. The van der Waals surface area contributed by atoms with Crippen molar-refractivity contribution < 1.29 is 19.0 Å². The maximum Gasteiger partial charge on any atom is 0.411 e. The van der Waals surface area contributed by atoms with E-state index in [9.17, 15) is 4.79 Å². The zero-order chi connectivity index (χ0) is 16.5. The van der Waals surface area contributed by atoms with E-state index in [1.165, 1.54) is 7.11 Å². The Hall–Kier alpha value is -3.20. The summed E-state index contributed by atoms with van der Waals surface area (Å²) in [5, 5.41) is 11.3. The lowest BCUT2D eigenvalue weighted by molar-refractivity contribution is 0.187. The number of hydrogen-bond donors (Lipinski definition) is 1. The lowest BCUT2D eigenvalue weighted by Crippen LogP contribution is -2.11. The van der Waals surface area contributed by atoms with Gasteiger partial charge in [0.1, 0.15) is 24.7 Å². The van der Waals surface area contributed by atoms with Crippen LogP contribution in [0.1, 0.15) is 5.56 Å². The predicted molar refractivity (Wildman–Crippen MR) is 84.6 cm³/mol. The van der Waals surface area contributed by atoms with E-state index in [0.29, 0.717) is 36.0 Å². The molecule has 0 atom stereocenters. The van der Waals surface area contributed by atoms with Gasteiger partial charge in [-0.3, -0.25) is 5.32 Å². The van der Waals surface area contributed by atoms with Crippen LogP contribution >= 0.6 is 0 Å². The quantitative estimate of drug-likeness (QED) is 0.828. The number of carbonyl (C=O) groups is 1. The van der Waals surface area contributed by atoms with Crippen LogP contribution in [0.15, 0.2) is 48.5 Å². The molecule has 2 rings (SSSR count). The van der Waals surface area contributed by atoms with E-state index in [2.05, 4.69) is 10.1 Å². The van der Waals surface area contributed by atoms with Gasteiger partial charge in [-0.15, -0.1) is 0 Å². The zero-order valence-corrected chi connectivity index (χ0v) is 12.6. The highest BCUT2D eigenvalue weighted by Crippen LogP contribution is 2.16. The summed E-state index contributed by atoms with van der Waals surface area (Å²) in [4.78, 5) is 11.1. The molecule has 1 amide bonds. The van der Waals surface area contributed by atoms with Gasteiger partial charge in [0.2, 0.25) is 0 Å². The first-order chi connectivity index (χ1) is 11.2. The normalized spacial score (nSPS) is 9.57. The fourth-order valence-corrected chi connectivity index (χ4v) is 1.75. The summed E-state index contributed by atoms with van der Waals surface area (Å²) in [5.74, 6) is 1.36. The van der Waals surface area contributed by atoms with E-state index in [4.69, 9.17) is 14.7 Å². The first-order valence-corrected chi connectivity index (χ1v) is 6.92. The van der Waals surface area contributed by atoms with Gasteiger partial charge in [0.05, 0.1) is 18.7 Å². The van der Waals surface area contributed by atoms with E-state index in [1.807, 2.05) is 6.07 Å². The molecule has 6 nitrogen and oxygen atoms in total. The Morgan fingerprint density at radius 3 is 2.00 bits per heavy atom. The van der Waals surface area contributed by atoms with Crippen LogP contribution in [0.25, 0.3) is 0 Å². The standard InChI is InChI=1S/C17H16N2O4/c1-21-17(20)19-14-4-8-16(9-5-14)23-11-10-22-15-6-2-13(12-18)3-7-15/h2-9H,10-11H2,1H3,(H,19,20). The number of ether oxygens (including phenoxy) is 3. The van der Waals surface area contributed by atoms with Crippen molar-refractivity contribution in [1.29, 1.82) is 5.26 Å². The third-order valence-electron chi connectivity index (χ3n) is 2.89. The molecule has 1 N–H and O–H groups in total. The number of nitrogens with one attached hydrogen (secondary N) is 1. The average molecular weight is 312 g/mol. The van der Waals surface area contributed by atoms with Crippen molar-refractivity contribution in [1.82, 2.24) is 0 Å². The zero-order valence-electron chi connectivity index (χ0n) is 12.6. The first kappa shape index (κ1) is 16.2. The summed E-state index contributed by atoms with van der Waals surface area (Å²) in [7, 11) is 1.31. The topological polar surface area (TPSA) is 80.6 Å². The summed E-state index contributed by atoms with van der Waals surface area (Å²) >= 11 is 0. The van der Waals surface area contributed by atoms with Crippen LogP contribution < -0.4 is 14.8 Å². The van der Waals surface area contributed by atoms with E-state index < -0.39 is 6.09 Å². The van der Waals surface area contributed by atoms with E-state index >= 15 is 0 Å². The molecule has 0 heterocycles. The van der Waals surface area contributed by atoms with Crippen LogP contribution in [0.3, 0.4) is 0 Å². The largest absolute Gasteiger partial charge is 0.490 e. The van der Waals surface area contributed by atoms with Gasteiger partial charge in [0, 0.05) is 5.69 Å². The molecular formula is C17H16N2O4.